The van der Waals surface area contributed by atoms with Crippen LogP contribution in [0, 0.1) is 0 Å². The molecule has 2 amide bonds. The van der Waals surface area contributed by atoms with Gasteiger partial charge in [-0.15, -0.1) is 6.58 Å². The third-order valence-electron chi connectivity index (χ3n) is 6.20. The van der Waals surface area contributed by atoms with E-state index < -0.39 is 12.2 Å². The SMILES string of the molecule is C=CCN(C)CC1CC(c2ccc(CO)cc2)OC(c2cccc(NC(=O)CCCCC(=O)NO)c2)O1. The van der Waals surface area contributed by atoms with Gasteiger partial charge in [0.1, 0.15) is 0 Å². The number of unbranched alkanes of at least 4 members (excludes halogenated alkanes) is 1. The van der Waals surface area contributed by atoms with Gasteiger partial charge in [0.2, 0.25) is 11.8 Å². The van der Waals surface area contributed by atoms with E-state index >= 15 is 0 Å². The molecule has 0 spiro atoms. The van der Waals surface area contributed by atoms with Crippen LogP contribution in [0.4, 0.5) is 5.69 Å². The molecular weight excluding hydrogens is 474 g/mol. The van der Waals surface area contributed by atoms with Gasteiger partial charge in [-0.25, -0.2) is 5.48 Å². The van der Waals surface area contributed by atoms with E-state index in [1.54, 1.807) is 5.48 Å². The van der Waals surface area contributed by atoms with Gasteiger partial charge in [-0.2, -0.15) is 0 Å². The number of carbonyl (C=O) groups excluding carboxylic acids is 2. The second-order valence-corrected chi connectivity index (χ2v) is 9.28. The van der Waals surface area contributed by atoms with E-state index in [2.05, 4.69) is 16.8 Å². The Morgan fingerprint density at radius 3 is 2.49 bits per heavy atom. The maximum Gasteiger partial charge on any atom is 0.243 e. The molecule has 0 aliphatic carbocycles. The van der Waals surface area contributed by atoms with Crippen molar-refractivity contribution in [3.05, 3.63) is 77.9 Å². The minimum absolute atomic E-state index is 0.0109. The lowest BCUT2D eigenvalue weighted by Crippen LogP contribution is -2.37. The number of likely N-dealkylation sites (N-methyl/N-ethyl adjacent to an activating group) is 1. The van der Waals surface area contributed by atoms with Gasteiger partial charge in [0.25, 0.3) is 0 Å². The Balaban J connectivity index is 1.69. The van der Waals surface area contributed by atoms with Crippen molar-refractivity contribution >= 4 is 17.5 Å². The molecule has 3 unspecified atom stereocenters. The third-order valence-corrected chi connectivity index (χ3v) is 6.20. The van der Waals surface area contributed by atoms with Crippen LogP contribution in [0.3, 0.4) is 0 Å². The predicted molar refractivity (Wildman–Crippen MR) is 140 cm³/mol. The lowest BCUT2D eigenvalue weighted by molar-refractivity contribution is -0.252. The highest BCUT2D eigenvalue weighted by molar-refractivity contribution is 5.90. The zero-order valence-corrected chi connectivity index (χ0v) is 21.3. The van der Waals surface area contributed by atoms with E-state index in [0.717, 1.165) is 23.2 Å². The summed E-state index contributed by atoms with van der Waals surface area (Å²) in [5.41, 5.74) is 4.88. The van der Waals surface area contributed by atoms with Crippen LogP contribution in [0.15, 0.2) is 61.2 Å². The van der Waals surface area contributed by atoms with Gasteiger partial charge in [-0.1, -0.05) is 42.5 Å². The second-order valence-electron chi connectivity index (χ2n) is 9.28. The molecule has 1 heterocycles. The normalized spacial score (nSPS) is 19.4. The molecule has 37 heavy (non-hydrogen) atoms. The first kappa shape index (κ1) is 28.5. The first-order valence-corrected chi connectivity index (χ1v) is 12.5. The molecular formula is C28H37N3O6. The number of rotatable bonds is 13. The monoisotopic (exact) mass is 511 g/mol. The Morgan fingerprint density at radius 2 is 1.81 bits per heavy atom. The molecule has 9 heteroatoms. The van der Waals surface area contributed by atoms with Crippen LogP contribution in [0.5, 0.6) is 0 Å². The molecule has 2 aromatic rings. The van der Waals surface area contributed by atoms with E-state index in [-0.39, 0.29) is 37.6 Å². The van der Waals surface area contributed by atoms with Crippen molar-refractivity contribution in [1.29, 1.82) is 0 Å². The lowest BCUT2D eigenvalue weighted by atomic mass is 9.99. The number of ether oxygens (including phenoxy) is 2. The summed E-state index contributed by atoms with van der Waals surface area (Å²) in [5.74, 6) is -0.616. The fourth-order valence-corrected chi connectivity index (χ4v) is 4.29. The molecule has 0 aromatic heterocycles. The van der Waals surface area contributed by atoms with E-state index in [0.29, 0.717) is 31.5 Å². The summed E-state index contributed by atoms with van der Waals surface area (Å²) in [4.78, 5) is 25.6. The predicted octanol–water partition coefficient (Wildman–Crippen LogP) is 3.85. The summed E-state index contributed by atoms with van der Waals surface area (Å²) in [6, 6.07) is 15.2. The topological polar surface area (TPSA) is 120 Å². The summed E-state index contributed by atoms with van der Waals surface area (Å²) in [6.45, 7) is 5.26. The number of nitrogens with one attached hydrogen (secondary N) is 2. The molecule has 4 N–H and O–H groups in total. The molecule has 1 fully saturated rings. The maximum atomic E-state index is 12.4. The Hall–Kier alpha value is -3.08. The molecule has 0 radical (unpaired) electrons. The van der Waals surface area contributed by atoms with Crippen LogP contribution >= 0.6 is 0 Å². The van der Waals surface area contributed by atoms with Crippen LogP contribution in [0.2, 0.25) is 0 Å². The number of amides is 2. The molecule has 0 bridgehead atoms. The number of benzene rings is 2. The minimum atomic E-state index is -0.618. The van der Waals surface area contributed by atoms with E-state index in [9.17, 15) is 14.7 Å². The summed E-state index contributed by atoms with van der Waals surface area (Å²) >= 11 is 0. The third kappa shape index (κ3) is 9.07. The fourth-order valence-electron chi connectivity index (χ4n) is 4.29. The number of hydroxylamine groups is 1. The number of hydrogen-bond donors (Lipinski definition) is 4. The number of anilines is 1. The van der Waals surface area contributed by atoms with Gasteiger partial charge in [0.05, 0.1) is 18.8 Å². The van der Waals surface area contributed by atoms with E-state index in [1.807, 2.05) is 61.7 Å². The van der Waals surface area contributed by atoms with Crippen molar-refractivity contribution in [2.45, 2.75) is 57.2 Å². The van der Waals surface area contributed by atoms with Crippen molar-refractivity contribution in [1.82, 2.24) is 10.4 Å². The molecule has 1 aliphatic heterocycles. The Morgan fingerprint density at radius 1 is 1.08 bits per heavy atom. The highest BCUT2D eigenvalue weighted by Gasteiger charge is 2.32. The summed E-state index contributed by atoms with van der Waals surface area (Å²) in [5, 5.41) is 20.8. The van der Waals surface area contributed by atoms with Gasteiger partial charge >= 0.3 is 0 Å². The van der Waals surface area contributed by atoms with Crippen molar-refractivity contribution < 1.29 is 29.4 Å². The summed E-state index contributed by atoms with van der Waals surface area (Å²) < 4.78 is 12.7. The zero-order chi connectivity index (χ0) is 26.6. The standard InChI is InChI=1S/C28H37N3O6/c1-3-15-31(2)18-24-17-25(21-13-11-20(19-32)12-14-21)37-28(36-24)22-7-6-8-23(16-22)29-26(33)9-4-5-10-27(34)30-35/h3,6-8,11-14,16,24-25,28,32,35H,1,4-5,9-10,15,17-19H2,2H3,(H,29,33)(H,30,34). The lowest BCUT2D eigenvalue weighted by Gasteiger charge is -2.37. The maximum absolute atomic E-state index is 12.4. The largest absolute Gasteiger partial charge is 0.392 e. The van der Waals surface area contributed by atoms with Gasteiger partial charge in [-0.05, 0) is 43.1 Å². The van der Waals surface area contributed by atoms with Crippen LogP contribution < -0.4 is 10.8 Å². The minimum Gasteiger partial charge on any atom is -0.392 e. The van der Waals surface area contributed by atoms with E-state index in [4.69, 9.17) is 14.7 Å². The summed E-state index contributed by atoms with van der Waals surface area (Å²) in [7, 11) is 2.02. The van der Waals surface area contributed by atoms with Gasteiger partial charge in [0.15, 0.2) is 6.29 Å². The highest BCUT2D eigenvalue weighted by Crippen LogP contribution is 2.38. The number of aliphatic hydroxyl groups is 1. The zero-order valence-electron chi connectivity index (χ0n) is 21.3. The molecule has 3 atom stereocenters. The number of carbonyl (C=O) groups is 2. The van der Waals surface area contributed by atoms with Gasteiger partial charge in [0, 0.05) is 43.6 Å². The molecule has 1 aliphatic rings. The first-order chi connectivity index (χ1) is 17.9. The van der Waals surface area contributed by atoms with Gasteiger partial charge < -0.3 is 24.8 Å². The summed E-state index contributed by atoms with van der Waals surface area (Å²) in [6.07, 6.45) is 3.12. The Labute approximate surface area is 218 Å². The Bertz CT molecular complexity index is 1030. The average Bonchev–Trinajstić information content (AvgIpc) is 2.91. The van der Waals surface area contributed by atoms with Crippen molar-refractivity contribution in [3.63, 3.8) is 0 Å². The molecule has 9 nitrogen and oxygen atoms in total. The number of aliphatic hydroxyl groups excluding tert-OH is 1. The average molecular weight is 512 g/mol. The molecule has 2 aromatic carbocycles. The highest BCUT2D eigenvalue weighted by atomic mass is 16.7. The number of nitrogens with zero attached hydrogens (tertiary/aromatic N) is 1. The van der Waals surface area contributed by atoms with Crippen molar-refractivity contribution in [2.24, 2.45) is 0 Å². The van der Waals surface area contributed by atoms with E-state index in [1.165, 1.54) is 0 Å². The van der Waals surface area contributed by atoms with Crippen molar-refractivity contribution in [3.8, 4) is 0 Å². The van der Waals surface area contributed by atoms with Crippen LogP contribution in [-0.4, -0.2) is 53.3 Å². The van der Waals surface area contributed by atoms with Gasteiger partial charge in [-0.3, -0.25) is 14.8 Å². The number of hydrogen-bond acceptors (Lipinski definition) is 7. The molecule has 1 saturated heterocycles. The van der Waals surface area contributed by atoms with Crippen molar-refractivity contribution in [2.75, 3.05) is 25.5 Å². The van der Waals surface area contributed by atoms with Crippen LogP contribution in [0.1, 0.15) is 61.2 Å². The molecule has 200 valence electrons. The van der Waals surface area contributed by atoms with Crippen LogP contribution in [-0.2, 0) is 25.7 Å². The second kappa shape index (κ2) is 14.6. The fraction of sp³-hybridized carbons (Fsp3) is 0.429. The smallest absolute Gasteiger partial charge is 0.243 e. The molecule has 0 saturated carbocycles. The quantitative estimate of drug-likeness (QED) is 0.140. The molecule has 3 rings (SSSR count). The first-order valence-electron chi connectivity index (χ1n) is 12.5. The van der Waals surface area contributed by atoms with Crippen LogP contribution in [0.25, 0.3) is 0 Å². The Kier molecular flexibility index (Phi) is 11.2.